The van der Waals surface area contributed by atoms with Gasteiger partial charge in [-0.2, -0.15) is 0 Å². The van der Waals surface area contributed by atoms with Gasteiger partial charge in [0.2, 0.25) is 0 Å². The van der Waals surface area contributed by atoms with Crippen LogP contribution in [0.3, 0.4) is 0 Å². The Hall–Kier alpha value is -2.92. The average molecular weight is 379 g/mol. The molecule has 0 aliphatic rings. The number of para-hydroxylation sites is 1. The number of aromatic nitrogens is 1. The van der Waals surface area contributed by atoms with Crippen molar-refractivity contribution in [3.8, 4) is 5.75 Å². The van der Waals surface area contributed by atoms with Crippen molar-refractivity contribution in [1.82, 2.24) is 4.98 Å². The molecule has 1 aromatic heterocycles. The van der Waals surface area contributed by atoms with E-state index in [1.54, 1.807) is 13.8 Å². The van der Waals surface area contributed by atoms with Crippen LogP contribution in [0.15, 0.2) is 60.8 Å². The van der Waals surface area contributed by atoms with Crippen LogP contribution in [-0.2, 0) is 22.4 Å². The van der Waals surface area contributed by atoms with Gasteiger partial charge in [-0.05, 0) is 49.2 Å². The number of aliphatic carboxylic acids is 1. The van der Waals surface area contributed by atoms with E-state index in [1.807, 2.05) is 48.7 Å². The summed E-state index contributed by atoms with van der Waals surface area (Å²) in [4.78, 5) is 16.0. The van der Waals surface area contributed by atoms with E-state index < -0.39 is 11.6 Å². The highest BCUT2D eigenvalue weighted by Gasteiger charge is 2.33. The number of benzene rings is 2. The summed E-state index contributed by atoms with van der Waals surface area (Å²) in [5, 5.41) is 10.5. The van der Waals surface area contributed by atoms with Crippen molar-refractivity contribution in [2.45, 2.75) is 32.3 Å². The van der Waals surface area contributed by atoms with E-state index in [0.29, 0.717) is 19.6 Å². The zero-order chi connectivity index (χ0) is 20.0. The number of nitrogens with zero attached hydrogens (tertiary/aromatic N) is 1. The van der Waals surface area contributed by atoms with Crippen LogP contribution in [0.1, 0.15) is 25.0 Å². The smallest absolute Gasteiger partial charge is 0.336 e. The van der Waals surface area contributed by atoms with Crippen molar-refractivity contribution in [1.29, 1.82) is 0 Å². The number of fused-ring (bicyclic) bond motifs is 1. The van der Waals surface area contributed by atoms with Gasteiger partial charge in [-0.25, -0.2) is 4.79 Å². The van der Waals surface area contributed by atoms with Crippen LogP contribution in [0.4, 0.5) is 0 Å². The lowest BCUT2D eigenvalue weighted by Crippen LogP contribution is -2.40. The van der Waals surface area contributed by atoms with E-state index in [0.717, 1.165) is 34.2 Å². The summed E-state index contributed by atoms with van der Waals surface area (Å²) in [7, 11) is 0. The van der Waals surface area contributed by atoms with Gasteiger partial charge in [-0.1, -0.05) is 30.3 Å². The Morgan fingerprint density at radius 3 is 2.57 bits per heavy atom. The standard InChI is InChI=1S/C23H25NO4/c1-3-28-23(2,22(25)26)15-17-8-10-20(11-9-17)27-13-12-18-14-19-6-4-5-7-21(19)24-16-18/h4-11,14,16H,3,12-13,15H2,1-2H3,(H,25,26). The topological polar surface area (TPSA) is 68.7 Å². The SMILES string of the molecule is CCOC(C)(Cc1ccc(OCCc2cnc3ccccc3c2)cc1)C(=O)O. The number of ether oxygens (including phenoxy) is 2. The lowest BCUT2D eigenvalue weighted by molar-refractivity contribution is -0.162. The molecule has 1 heterocycles. The van der Waals surface area contributed by atoms with Crippen molar-refractivity contribution in [3.05, 3.63) is 71.9 Å². The van der Waals surface area contributed by atoms with Gasteiger partial charge in [0.05, 0.1) is 12.1 Å². The van der Waals surface area contributed by atoms with Gasteiger partial charge < -0.3 is 14.6 Å². The molecule has 2 aromatic carbocycles. The predicted octanol–water partition coefficient (Wildman–Crippen LogP) is 4.28. The number of pyridine rings is 1. The fourth-order valence-electron chi connectivity index (χ4n) is 3.14. The van der Waals surface area contributed by atoms with Crippen LogP contribution in [0.5, 0.6) is 5.75 Å². The van der Waals surface area contributed by atoms with Crippen molar-refractivity contribution in [2.24, 2.45) is 0 Å². The van der Waals surface area contributed by atoms with Crippen LogP contribution < -0.4 is 4.74 Å². The molecule has 0 spiro atoms. The number of carboxylic acid groups (broad SMARTS) is 1. The fourth-order valence-corrected chi connectivity index (χ4v) is 3.14. The van der Waals surface area contributed by atoms with Crippen molar-refractivity contribution >= 4 is 16.9 Å². The molecule has 1 unspecified atom stereocenters. The molecule has 0 saturated carbocycles. The number of carbonyl (C=O) groups is 1. The zero-order valence-corrected chi connectivity index (χ0v) is 16.2. The molecule has 5 heteroatoms. The van der Waals surface area contributed by atoms with Gasteiger partial charge in [0.15, 0.2) is 5.60 Å². The van der Waals surface area contributed by atoms with Crippen LogP contribution >= 0.6 is 0 Å². The molecule has 146 valence electrons. The maximum absolute atomic E-state index is 11.5. The minimum atomic E-state index is -1.22. The van der Waals surface area contributed by atoms with Crippen LogP contribution in [0, 0.1) is 0 Å². The summed E-state index contributed by atoms with van der Waals surface area (Å²) in [5.41, 5.74) is 1.79. The molecule has 1 atom stereocenters. The Kier molecular flexibility index (Phi) is 6.26. The first-order valence-electron chi connectivity index (χ1n) is 9.43. The van der Waals surface area contributed by atoms with Gasteiger partial charge in [0.1, 0.15) is 5.75 Å². The van der Waals surface area contributed by atoms with Crippen LogP contribution in [0.25, 0.3) is 10.9 Å². The molecule has 0 bridgehead atoms. The maximum atomic E-state index is 11.5. The molecule has 28 heavy (non-hydrogen) atoms. The Labute approximate surface area is 164 Å². The van der Waals surface area contributed by atoms with Gasteiger partial charge in [-0.3, -0.25) is 4.98 Å². The molecular weight excluding hydrogens is 354 g/mol. The van der Waals surface area contributed by atoms with Gasteiger partial charge >= 0.3 is 5.97 Å². The van der Waals surface area contributed by atoms with Gasteiger partial charge in [0, 0.05) is 31.0 Å². The van der Waals surface area contributed by atoms with E-state index in [1.165, 1.54) is 0 Å². The minimum Gasteiger partial charge on any atom is -0.493 e. The highest BCUT2D eigenvalue weighted by molar-refractivity contribution is 5.78. The molecule has 3 rings (SSSR count). The predicted molar refractivity (Wildman–Crippen MR) is 109 cm³/mol. The number of rotatable bonds is 9. The second-order valence-corrected chi connectivity index (χ2v) is 6.92. The average Bonchev–Trinajstić information content (AvgIpc) is 2.69. The highest BCUT2D eigenvalue weighted by atomic mass is 16.5. The van der Waals surface area contributed by atoms with Crippen molar-refractivity contribution in [2.75, 3.05) is 13.2 Å². The number of carboxylic acids is 1. The molecule has 5 nitrogen and oxygen atoms in total. The van der Waals surface area contributed by atoms with Gasteiger partial charge in [0.25, 0.3) is 0 Å². The maximum Gasteiger partial charge on any atom is 0.336 e. The van der Waals surface area contributed by atoms with Crippen molar-refractivity contribution < 1.29 is 19.4 Å². The van der Waals surface area contributed by atoms with Crippen LogP contribution in [0.2, 0.25) is 0 Å². The van der Waals surface area contributed by atoms with E-state index in [4.69, 9.17) is 9.47 Å². The third kappa shape index (κ3) is 4.87. The first-order chi connectivity index (χ1) is 13.5. The number of hydrogen-bond donors (Lipinski definition) is 1. The first kappa shape index (κ1) is 19.8. The monoisotopic (exact) mass is 379 g/mol. The quantitative estimate of drug-likeness (QED) is 0.601. The zero-order valence-electron chi connectivity index (χ0n) is 16.2. The molecule has 0 aliphatic heterocycles. The second-order valence-electron chi connectivity index (χ2n) is 6.92. The summed E-state index contributed by atoms with van der Waals surface area (Å²) in [6, 6.07) is 17.7. The molecule has 0 aliphatic carbocycles. The second kappa shape index (κ2) is 8.85. The molecule has 3 aromatic rings. The van der Waals surface area contributed by atoms with Gasteiger partial charge in [-0.15, -0.1) is 0 Å². The highest BCUT2D eigenvalue weighted by Crippen LogP contribution is 2.21. The molecule has 1 N–H and O–H groups in total. The normalized spacial score (nSPS) is 13.2. The Balaban J connectivity index is 1.56. The third-order valence-corrected chi connectivity index (χ3v) is 4.69. The molecule has 0 fully saturated rings. The third-order valence-electron chi connectivity index (χ3n) is 4.69. The Morgan fingerprint density at radius 1 is 1.11 bits per heavy atom. The summed E-state index contributed by atoms with van der Waals surface area (Å²) in [5.74, 6) is -0.204. The Bertz CT molecular complexity index is 939. The molecule has 0 amide bonds. The summed E-state index contributed by atoms with van der Waals surface area (Å²) >= 11 is 0. The van der Waals surface area contributed by atoms with Crippen molar-refractivity contribution in [3.63, 3.8) is 0 Å². The molecule has 0 saturated heterocycles. The van der Waals surface area contributed by atoms with E-state index >= 15 is 0 Å². The lowest BCUT2D eigenvalue weighted by Gasteiger charge is -2.24. The fraction of sp³-hybridized carbons (Fsp3) is 0.304. The molecule has 0 radical (unpaired) electrons. The largest absolute Gasteiger partial charge is 0.493 e. The lowest BCUT2D eigenvalue weighted by atomic mass is 9.96. The summed E-state index contributed by atoms with van der Waals surface area (Å²) in [6.07, 6.45) is 2.95. The molecular formula is C23H25NO4. The first-order valence-corrected chi connectivity index (χ1v) is 9.43. The number of hydrogen-bond acceptors (Lipinski definition) is 4. The van der Waals surface area contributed by atoms with E-state index in [-0.39, 0.29) is 0 Å². The minimum absolute atomic E-state index is 0.305. The Morgan fingerprint density at radius 2 is 1.86 bits per heavy atom. The van der Waals surface area contributed by atoms with E-state index in [9.17, 15) is 9.90 Å². The summed E-state index contributed by atoms with van der Waals surface area (Å²) in [6.45, 7) is 4.29. The summed E-state index contributed by atoms with van der Waals surface area (Å²) < 4.78 is 11.3. The van der Waals surface area contributed by atoms with Crippen LogP contribution in [-0.4, -0.2) is 34.9 Å². The van der Waals surface area contributed by atoms with E-state index in [2.05, 4.69) is 17.1 Å².